The van der Waals surface area contributed by atoms with Crippen LogP contribution in [0.15, 0.2) is 18.2 Å². The highest BCUT2D eigenvalue weighted by molar-refractivity contribution is 7.99. The van der Waals surface area contributed by atoms with E-state index in [1.807, 2.05) is 11.8 Å². The molecule has 4 nitrogen and oxygen atoms in total. The number of ether oxygens (including phenoxy) is 1. The lowest BCUT2D eigenvalue weighted by atomic mass is 9.77. The van der Waals surface area contributed by atoms with Crippen molar-refractivity contribution in [2.24, 2.45) is 0 Å². The van der Waals surface area contributed by atoms with Gasteiger partial charge in [-0.2, -0.15) is 0 Å². The normalized spacial score (nSPS) is 28.5. The fourth-order valence-electron chi connectivity index (χ4n) is 6.46. The Kier molecular flexibility index (Phi) is 8.60. The minimum absolute atomic E-state index is 0.120. The molecule has 2 fully saturated rings. The number of hydrogen-bond acceptors (Lipinski definition) is 5. The van der Waals surface area contributed by atoms with Crippen molar-refractivity contribution in [2.45, 2.75) is 127 Å². The van der Waals surface area contributed by atoms with Gasteiger partial charge in [0.15, 0.2) is 0 Å². The molecule has 0 radical (unpaired) electrons. The van der Waals surface area contributed by atoms with E-state index in [4.69, 9.17) is 4.74 Å². The second-order valence-electron chi connectivity index (χ2n) is 12.5. The van der Waals surface area contributed by atoms with Crippen LogP contribution in [0.2, 0.25) is 0 Å². The lowest BCUT2D eigenvalue weighted by molar-refractivity contribution is -0.0413. The molecule has 0 spiro atoms. The molecule has 192 valence electrons. The van der Waals surface area contributed by atoms with Crippen LogP contribution in [-0.2, 0) is 12.8 Å². The van der Waals surface area contributed by atoms with Gasteiger partial charge in [0.05, 0.1) is 5.37 Å². The van der Waals surface area contributed by atoms with Crippen LogP contribution < -0.4 is 15.4 Å². The van der Waals surface area contributed by atoms with Crippen molar-refractivity contribution < 1.29 is 4.74 Å². The van der Waals surface area contributed by atoms with E-state index in [0.29, 0.717) is 24.1 Å². The van der Waals surface area contributed by atoms with Crippen molar-refractivity contribution in [1.82, 2.24) is 15.5 Å². The third-order valence-corrected chi connectivity index (χ3v) is 8.93. The number of rotatable bonds is 6. The molecule has 34 heavy (non-hydrogen) atoms. The van der Waals surface area contributed by atoms with Gasteiger partial charge in [-0.3, -0.25) is 4.90 Å². The molecule has 2 bridgehead atoms. The Morgan fingerprint density at radius 2 is 1.79 bits per heavy atom. The molecule has 0 aromatic heterocycles. The molecule has 4 rings (SSSR count). The molecule has 0 saturated heterocycles. The van der Waals surface area contributed by atoms with E-state index >= 15 is 0 Å². The average Bonchev–Trinajstić information content (AvgIpc) is 2.76. The van der Waals surface area contributed by atoms with Crippen LogP contribution in [0.3, 0.4) is 0 Å². The molecular weight excluding hydrogens is 438 g/mol. The van der Waals surface area contributed by atoms with Crippen molar-refractivity contribution in [3.63, 3.8) is 0 Å². The SMILES string of the molecule is CSC1Cc2cc(cc(OCCNC(C)(C)C)c2)CC(C)(C)N(C2CCCCC2)C2CCC2N1. The van der Waals surface area contributed by atoms with Gasteiger partial charge >= 0.3 is 0 Å². The molecule has 5 heteroatoms. The van der Waals surface area contributed by atoms with Gasteiger partial charge in [-0.15, -0.1) is 11.8 Å². The first kappa shape index (κ1) is 26.3. The summed E-state index contributed by atoms with van der Waals surface area (Å²) < 4.78 is 6.29. The molecule has 2 saturated carbocycles. The minimum Gasteiger partial charge on any atom is -0.492 e. The van der Waals surface area contributed by atoms with Crippen LogP contribution in [0.5, 0.6) is 5.75 Å². The molecule has 0 amide bonds. The number of nitrogens with zero attached hydrogens (tertiary/aromatic N) is 1. The molecule has 1 aromatic rings. The van der Waals surface area contributed by atoms with Crippen molar-refractivity contribution >= 4 is 11.8 Å². The van der Waals surface area contributed by atoms with E-state index in [2.05, 4.69) is 74.6 Å². The number of benzene rings is 1. The molecule has 1 aliphatic heterocycles. The van der Waals surface area contributed by atoms with E-state index < -0.39 is 0 Å². The number of thioether (sulfide) groups is 1. The Morgan fingerprint density at radius 3 is 2.44 bits per heavy atom. The molecule has 2 N–H and O–H groups in total. The van der Waals surface area contributed by atoms with E-state index in [1.165, 1.54) is 56.1 Å². The number of hydrogen-bond donors (Lipinski definition) is 2. The van der Waals surface area contributed by atoms with Crippen molar-refractivity contribution in [3.8, 4) is 5.75 Å². The van der Waals surface area contributed by atoms with Crippen molar-refractivity contribution in [3.05, 3.63) is 29.3 Å². The van der Waals surface area contributed by atoms with Crippen LogP contribution in [-0.4, -0.2) is 58.9 Å². The summed E-state index contributed by atoms with van der Waals surface area (Å²) in [4.78, 5) is 2.97. The van der Waals surface area contributed by atoms with Gasteiger partial charge < -0.3 is 15.4 Å². The van der Waals surface area contributed by atoms with Gasteiger partial charge in [-0.05, 0) is 103 Å². The Bertz CT molecular complexity index is 799. The maximum absolute atomic E-state index is 6.29. The summed E-state index contributed by atoms with van der Waals surface area (Å²) in [6, 6.07) is 9.08. The zero-order valence-corrected chi connectivity index (χ0v) is 23.4. The maximum Gasteiger partial charge on any atom is 0.119 e. The van der Waals surface area contributed by atoms with E-state index in [-0.39, 0.29) is 11.1 Å². The predicted octanol–water partition coefficient (Wildman–Crippen LogP) is 5.78. The van der Waals surface area contributed by atoms with Gasteiger partial charge in [0.25, 0.3) is 0 Å². The zero-order chi connectivity index (χ0) is 24.3. The van der Waals surface area contributed by atoms with Crippen LogP contribution in [0.4, 0.5) is 0 Å². The highest BCUT2D eigenvalue weighted by Crippen LogP contribution is 2.40. The first-order chi connectivity index (χ1) is 16.1. The lowest BCUT2D eigenvalue weighted by Crippen LogP contribution is -2.66. The third kappa shape index (κ3) is 6.72. The summed E-state index contributed by atoms with van der Waals surface area (Å²) in [5.74, 6) is 1.03. The quantitative estimate of drug-likeness (QED) is 0.498. The fourth-order valence-corrected chi connectivity index (χ4v) is 7.13. The maximum atomic E-state index is 6.29. The summed E-state index contributed by atoms with van der Waals surface area (Å²) in [6.45, 7) is 13.2. The molecular formula is C29H49N3OS. The summed E-state index contributed by atoms with van der Waals surface area (Å²) in [5, 5.41) is 8.07. The van der Waals surface area contributed by atoms with Crippen LogP contribution in [0, 0.1) is 0 Å². The van der Waals surface area contributed by atoms with Gasteiger partial charge in [-0.1, -0.05) is 25.3 Å². The summed E-state index contributed by atoms with van der Waals surface area (Å²) in [5.41, 5.74) is 3.09. The fraction of sp³-hybridized carbons (Fsp3) is 0.793. The van der Waals surface area contributed by atoms with E-state index in [0.717, 1.165) is 31.2 Å². The first-order valence-corrected chi connectivity index (χ1v) is 15.0. The lowest BCUT2D eigenvalue weighted by Gasteiger charge is -2.56. The van der Waals surface area contributed by atoms with Crippen LogP contribution in [0.1, 0.15) is 90.7 Å². The van der Waals surface area contributed by atoms with Gasteiger partial charge in [0, 0.05) is 35.7 Å². The Labute approximate surface area is 213 Å². The second-order valence-corrected chi connectivity index (χ2v) is 13.6. The zero-order valence-electron chi connectivity index (χ0n) is 22.6. The summed E-state index contributed by atoms with van der Waals surface area (Å²) in [6.07, 6.45) is 14.0. The van der Waals surface area contributed by atoms with Gasteiger partial charge in [0.1, 0.15) is 12.4 Å². The van der Waals surface area contributed by atoms with Crippen LogP contribution >= 0.6 is 11.8 Å². The molecule has 3 atom stereocenters. The Morgan fingerprint density at radius 1 is 1.06 bits per heavy atom. The number of fused-ring (bicyclic) bond motifs is 3. The topological polar surface area (TPSA) is 36.5 Å². The Balaban J connectivity index is 1.59. The highest BCUT2D eigenvalue weighted by atomic mass is 32.2. The van der Waals surface area contributed by atoms with Gasteiger partial charge in [-0.25, -0.2) is 0 Å². The number of nitrogens with one attached hydrogen (secondary N) is 2. The largest absolute Gasteiger partial charge is 0.492 e. The minimum atomic E-state index is 0.120. The molecule has 3 unspecified atom stereocenters. The summed E-state index contributed by atoms with van der Waals surface area (Å²) >= 11 is 1.97. The highest BCUT2D eigenvalue weighted by Gasteiger charge is 2.45. The molecule has 1 heterocycles. The standard InChI is InChI=1S/C29H49N3OS/c1-28(2,3)30-14-15-33-24-17-21-16-22(18-24)20-29(4,5)32(23-10-8-7-9-11-23)26-13-12-25(26)31-27(19-21)34-6/h16-18,23,25-27,30-31H,7-15,19-20H2,1-6H3. The molecule has 3 aliphatic rings. The van der Waals surface area contributed by atoms with Crippen molar-refractivity contribution in [1.29, 1.82) is 0 Å². The smallest absolute Gasteiger partial charge is 0.119 e. The summed E-state index contributed by atoms with van der Waals surface area (Å²) in [7, 11) is 0. The Hall–Kier alpha value is -0.750. The third-order valence-electron chi connectivity index (χ3n) is 8.06. The monoisotopic (exact) mass is 487 g/mol. The predicted molar refractivity (Wildman–Crippen MR) is 147 cm³/mol. The van der Waals surface area contributed by atoms with E-state index in [1.54, 1.807) is 0 Å². The van der Waals surface area contributed by atoms with Gasteiger partial charge in [0.2, 0.25) is 0 Å². The van der Waals surface area contributed by atoms with Crippen LogP contribution in [0.25, 0.3) is 0 Å². The van der Waals surface area contributed by atoms with E-state index in [9.17, 15) is 0 Å². The molecule has 1 aromatic carbocycles. The second kappa shape index (κ2) is 11.1. The van der Waals surface area contributed by atoms with Crippen molar-refractivity contribution in [2.75, 3.05) is 19.4 Å². The average molecular weight is 488 g/mol. The first-order valence-electron chi connectivity index (χ1n) is 13.7. The molecule has 2 aliphatic carbocycles.